The molecule has 3 aromatic rings. The molecule has 3 nitrogen and oxygen atoms in total. The first-order valence-corrected chi connectivity index (χ1v) is 5.76. The summed E-state index contributed by atoms with van der Waals surface area (Å²) in [7, 11) is 0. The fraction of sp³-hybridized carbons (Fsp3) is 0.0714. The van der Waals surface area contributed by atoms with Crippen molar-refractivity contribution in [3.63, 3.8) is 0 Å². The highest BCUT2D eigenvalue weighted by Crippen LogP contribution is 2.25. The lowest BCUT2D eigenvalue weighted by atomic mass is 10.2. The van der Waals surface area contributed by atoms with Gasteiger partial charge in [-0.1, -0.05) is 6.07 Å². The third-order valence-electron chi connectivity index (χ3n) is 2.99. The van der Waals surface area contributed by atoms with Crippen LogP contribution in [0, 0.1) is 18.6 Å². The van der Waals surface area contributed by atoms with Gasteiger partial charge >= 0.3 is 0 Å². The van der Waals surface area contributed by atoms with Crippen LogP contribution in [0.3, 0.4) is 0 Å². The van der Waals surface area contributed by atoms with Crippen LogP contribution in [0.1, 0.15) is 5.56 Å². The Morgan fingerprint density at radius 2 is 1.89 bits per heavy atom. The molecule has 2 N–H and O–H groups in total. The van der Waals surface area contributed by atoms with Gasteiger partial charge < -0.3 is 5.73 Å². The van der Waals surface area contributed by atoms with Gasteiger partial charge in [0.1, 0.15) is 11.6 Å². The minimum atomic E-state index is -0.421. The average molecular weight is 259 g/mol. The lowest BCUT2D eigenvalue weighted by Gasteiger charge is -2.08. The Morgan fingerprint density at radius 1 is 1.11 bits per heavy atom. The van der Waals surface area contributed by atoms with Gasteiger partial charge in [0.25, 0.3) is 0 Å². The van der Waals surface area contributed by atoms with Crippen LogP contribution in [0.25, 0.3) is 16.7 Å². The van der Waals surface area contributed by atoms with E-state index in [1.807, 2.05) is 0 Å². The van der Waals surface area contributed by atoms with Crippen molar-refractivity contribution in [2.45, 2.75) is 6.92 Å². The Morgan fingerprint density at radius 3 is 2.63 bits per heavy atom. The zero-order valence-corrected chi connectivity index (χ0v) is 10.2. The molecule has 0 unspecified atom stereocenters. The van der Waals surface area contributed by atoms with Crippen molar-refractivity contribution in [3.8, 4) is 5.69 Å². The molecule has 0 amide bonds. The third kappa shape index (κ3) is 1.83. The molecule has 0 aliphatic carbocycles. The quantitative estimate of drug-likeness (QED) is 0.729. The van der Waals surface area contributed by atoms with Crippen LogP contribution in [0.5, 0.6) is 0 Å². The Balaban J connectivity index is 2.35. The zero-order valence-electron chi connectivity index (χ0n) is 10.2. The van der Waals surface area contributed by atoms with Gasteiger partial charge in [0.15, 0.2) is 0 Å². The molecule has 1 heterocycles. The van der Waals surface area contributed by atoms with Crippen LogP contribution >= 0.6 is 0 Å². The third-order valence-corrected chi connectivity index (χ3v) is 2.99. The second-order valence-electron chi connectivity index (χ2n) is 4.39. The first-order chi connectivity index (χ1) is 9.06. The van der Waals surface area contributed by atoms with E-state index in [0.717, 1.165) is 5.56 Å². The highest BCUT2D eigenvalue weighted by Gasteiger charge is 2.14. The molecule has 0 saturated heterocycles. The summed E-state index contributed by atoms with van der Waals surface area (Å²) in [4.78, 5) is 4.10. The summed E-state index contributed by atoms with van der Waals surface area (Å²) in [6.07, 6.45) is 0. The fourth-order valence-electron chi connectivity index (χ4n) is 2.11. The molecule has 0 saturated carbocycles. The number of nitrogens with two attached hydrogens (primary N) is 1. The minimum absolute atomic E-state index is 0.128. The van der Waals surface area contributed by atoms with Crippen LogP contribution < -0.4 is 5.73 Å². The second-order valence-corrected chi connectivity index (χ2v) is 4.39. The minimum Gasteiger partial charge on any atom is -0.369 e. The van der Waals surface area contributed by atoms with E-state index in [9.17, 15) is 8.78 Å². The van der Waals surface area contributed by atoms with Crippen LogP contribution in [-0.4, -0.2) is 9.55 Å². The van der Waals surface area contributed by atoms with Gasteiger partial charge in [-0.25, -0.2) is 13.8 Å². The van der Waals surface area contributed by atoms with Crippen LogP contribution in [0.15, 0.2) is 36.4 Å². The smallest absolute Gasteiger partial charge is 0.206 e. The highest BCUT2D eigenvalue weighted by molar-refractivity contribution is 5.80. The Labute approximate surface area is 108 Å². The fourth-order valence-corrected chi connectivity index (χ4v) is 2.11. The maximum absolute atomic E-state index is 14.0. The van der Waals surface area contributed by atoms with E-state index in [1.54, 1.807) is 19.1 Å². The Kier molecular flexibility index (Phi) is 2.48. The summed E-state index contributed by atoms with van der Waals surface area (Å²) in [6, 6.07) is 8.88. The monoisotopic (exact) mass is 259 g/mol. The largest absolute Gasteiger partial charge is 0.369 e. The normalized spacial score (nSPS) is 11.1. The highest BCUT2D eigenvalue weighted by atomic mass is 19.1. The van der Waals surface area contributed by atoms with E-state index >= 15 is 0 Å². The topological polar surface area (TPSA) is 43.8 Å². The van der Waals surface area contributed by atoms with Gasteiger partial charge in [-0.05, 0) is 36.8 Å². The summed E-state index contributed by atoms with van der Waals surface area (Å²) in [5.41, 5.74) is 7.84. The van der Waals surface area contributed by atoms with E-state index < -0.39 is 11.6 Å². The number of imidazole rings is 1. The molecule has 0 aliphatic rings. The molecule has 0 fully saturated rings. The van der Waals surface area contributed by atoms with Gasteiger partial charge in [-0.3, -0.25) is 4.57 Å². The van der Waals surface area contributed by atoms with E-state index in [0.29, 0.717) is 11.0 Å². The standard InChI is InChI=1S/C14H11F2N3/c1-8-2-5-12(10(16)6-8)19-13-7-9(15)3-4-11(13)18-14(19)17/h2-7H,1H3,(H2,17,18). The Bertz CT molecular complexity index is 778. The predicted molar refractivity (Wildman–Crippen MR) is 70.1 cm³/mol. The molecule has 0 bridgehead atoms. The lowest BCUT2D eigenvalue weighted by molar-refractivity contribution is 0.617. The number of halogens is 2. The van der Waals surface area contributed by atoms with Gasteiger partial charge in [0.2, 0.25) is 5.95 Å². The molecule has 96 valence electrons. The summed E-state index contributed by atoms with van der Waals surface area (Å²) < 4.78 is 28.8. The number of benzene rings is 2. The molecule has 3 rings (SSSR count). The average Bonchev–Trinajstić information content (AvgIpc) is 2.65. The van der Waals surface area contributed by atoms with E-state index in [4.69, 9.17) is 5.73 Å². The molecule has 19 heavy (non-hydrogen) atoms. The number of fused-ring (bicyclic) bond motifs is 1. The molecular formula is C14H11F2N3. The number of rotatable bonds is 1. The van der Waals surface area contributed by atoms with Gasteiger partial charge in [-0.2, -0.15) is 0 Å². The number of hydrogen-bond donors (Lipinski definition) is 1. The van der Waals surface area contributed by atoms with Crippen molar-refractivity contribution in [1.29, 1.82) is 0 Å². The molecule has 0 spiro atoms. The van der Waals surface area contributed by atoms with Crippen molar-refractivity contribution in [2.24, 2.45) is 0 Å². The van der Waals surface area contributed by atoms with Crippen molar-refractivity contribution in [3.05, 3.63) is 53.6 Å². The van der Waals surface area contributed by atoms with E-state index in [1.165, 1.54) is 28.8 Å². The molecular weight excluding hydrogens is 248 g/mol. The SMILES string of the molecule is Cc1ccc(-n2c(N)nc3ccc(F)cc32)c(F)c1. The number of nitrogens with zero attached hydrogens (tertiary/aromatic N) is 2. The van der Waals surface area contributed by atoms with Crippen molar-refractivity contribution in [1.82, 2.24) is 9.55 Å². The lowest BCUT2D eigenvalue weighted by Crippen LogP contribution is -2.03. The van der Waals surface area contributed by atoms with Crippen LogP contribution in [-0.2, 0) is 0 Å². The van der Waals surface area contributed by atoms with Crippen LogP contribution in [0.2, 0.25) is 0 Å². The second kappa shape index (κ2) is 4.05. The zero-order chi connectivity index (χ0) is 13.6. The Hall–Kier alpha value is -2.43. The van der Waals surface area contributed by atoms with E-state index in [2.05, 4.69) is 4.98 Å². The first-order valence-electron chi connectivity index (χ1n) is 5.76. The van der Waals surface area contributed by atoms with Gasteiger partial charge in [-0.15, -0.1) is 0 Å². The van der Waals surface area contributed by atoms with Crippen LogP contribution in [0.4, 0.5) is 14.7 Å². The maximum Gasteiger partial charge on any atom is 0.206 e. The van der Waals surface area contributed by atoms with E-state index in [-0.39, 0.29) is 11.6 Å². The van der Waals surface area contributed by atoms with Gasteiger partial charge in [0.05, 0.1) is 16.7 Å². The van der Waals surface area contributed by atoms with Crippen molar-refractivity contribution < 1.29 is 8.78 Å². The molecule has 0 aliphatic heterocycles. The summed E-state index contributed by atoms with van der Waals surface area (Å²) in [5, 5.41) is 0. The summed E-state index contributed by atoms with van der Waals surface area (Å²) in [6.45, 7) is 1.79. The molecule has 5 heteroatoms. The molecule has 0 radical (unpaired) electrons. The number of aryl methyl sites for hydroxylation is 1. The first kappa shape index (κ1) is 11.6. The molecule has 2 aromatic carbocycles. The predicted octanol–water partition coefficient (Wildman–Crippen LogP) is 3.19. The summed E-state index contributed by atoms with van der Waals surface area (Å²) >= 11 is 0. The molecule has 0 atom stereocenters. The van der Waals surface area contributed by atoms with Crippen molar-refractivity contribution >= 4 is 17.0 Å². The number of aromatic nitrogens is 2. The summed E-state index contributed by atoms with van der Waals surface area (Å²) in [5.74, 6) is -0.709. The number of nitrogen functional groups attached to an aromatic ring is 1. The van der Waals surface area contributed by atoms with Crippen molar-refractivity contribution in [2.75, 3.05) is 5.73 Å². The molecule has 1 aromatic heterocycles. The number of anilines is 1. The number of hydrogen-bond acceptors (Lipinski definition) is 2. The van der Waals surface area contributed by atoms with Gasteiger partial charge in [0, 0.05) is 6.07 Å². The maximum atomic E-state index is 14.0.